The number of aromatic nitrogens is 2. The molecule has 3 aromatic rings. The maximum absolute atomic E-state index is 13.2. The normalized spacial score (nSPS) is 12.2. The number of rotatable bonds is 9. The molecule has 8 heteroatoms. The van der Waals surface area contributed by atoms with Crippen molar-refractivity contribution in [2.24, 2.45) is 0 Å². The number of hydrogen-bond donors (Lipinski definition) is 1. The number of hydrogen-bond acceptors (Lipinski definition) is 6. The lowest BCUT2D eigenvalue weighted by molar-refractivity contribution is 0.141. The number of nitrogens with one attached hydrogen (secondary N) is 1. The summed E-state index contributed by atoms with van der Waals surface area (Å²) >= 11 is 0. The van der Waals surface area contributed by atoms with Gasteiger partial charge in [0.05, 0.1) is 25.3 Å². The predicted molar refractivity (Wildman–Crippen MR) is 107 cm³/mol. The second kappa shape index (κ2) is 9.47. The number of methoxy groups -OCH3 is 2. The van der Waals surface area contributed by atoms with E-state index >= 15 is 0 Å². The predicted octanol–water partition coefficient (Wildman–Crippen LogP) is 4.77. The molecular weight excluding hydrogens is 380 g/mol. The van der Waals surface area contributed by atoms with Crippen LogP contribution in [-0.2, 0) is 4.74 Å². The fourth-order valence-electron chi connectivity index (χ4n) is 2.90. The Morgan fingerprint density at radius 1 is 1.00 bits per heavy atom. The molecule has 0 amide bonds. The van der Waals surface area contributed by atoms with E-state index in [1.54, 1.807) is 32.4 Å². The van der Waals surface area contributed by atoms with Crippen molar-refractivity contribution in [3.63, 3.8) is 0 Å². The molecule has 1 aromatic heterocycles. The quantitative estimate of drug-likeness (QED) is 0.519. The van der Waals surface area contributed by atoms with E-state index in [0.717, 1.165) is 5.56 Å². The van der Waals surface area contributed by atoms with Crippen molar-refractivity contribution >= 4 is 16.7 Å². The van der Waals surface area contributed by atoms with Crippen LogP contribution in [0.2, 0.25) is 0 Å². The van der Waals surface area contributed by atoms with Gasteiger partial charge in [-0.05, 0) is 36.8 Å². The Balaban J connectivity index is 1.87. The Labute approximate surface area is 167 Å². The topological polar surface area (TPSA) is 65.5 Å². The Morgan fingerprint density at radius 2 is 1.79 bits per heavy atom. The van der Waals surface area contributed by atoms with Gasteiger partial charge in [-0.25, -0.2) is 18.7 Å². The van der Waals surface area contributed by atoms with Crippen LogP contribution in [0.15, 0.2) is 42.5 Å². The van der Waals surface area contributed by atoms with E-state index in [9.17, 15) is 8.78 Å². The van der Waals surface area contributed by atoms with Gasteiger partial charge in [0.2, 0.25) is 0 Å². The highest BCUT2D eigenvalue weighted by atomic mass is 19.3. The average molecular weight is 403 g/mol. The van der Waals surface area contributed by atoms with E-state index < -0.39 is 12.2 Å². The maximum Gasteiger partial charge on any atom is 0.297 e. The number of nitrogens with zero attached hydrogens (tertiary/aromatic N) is 2. The second-order valence-electron chi connectivity index (χ2n) is 6.37. The van der Waals surface area contributed by atoms with E-state index in [1.165, 1.54) is 0 Å². The molecule has 0 radical (unpaired) electrons. The van der Waals surface area contributed by atoms with Crippen LogP contribution in [0.5, 0.6) is 11.5 Å². The highest BCUT2D eigenvalue weighted by Gasteiger charge is 2.17. The van der Waals surface area contributed by atoms with Gasteiger partial charge in [0, 0.05) is 12.5 Å². The Bertz CT molecular complexity index is 969. The van der Waals surface area contributed by atoms with Gasteiger partial charge in [-0.15, -0.1) is 0 Å². The number of ether oxygens (including phenoxy) is 3. The lowest BCUT2D eigenvalue weighted by Crippen LogP contribution is -2.11. The molecule has 0 bridgehead atoms. The molecule has 0 aliphatic rings. The van der Waals surface area contributed by atoms with Gasteiger partial charge in [0.25, 0.3) is 6.43 Å². The first-order valence-corrected chi connectivity index (χ1v) is 9.14. The monoisotopic (exact) mass is 403 g/mol. The number of benzene rings is 2. The minimum atomic E-state index is -2.75. The standard InChI is InChI=1S/C21H23F2N3O3/c1-13(14-8-9-17(18(12-14)28-3)29-11-10-27-2)24-20-15-6-4-5-7-16(15)25-21(26-20)19(22)23/h4-9,12-13,19H,10-11H2,1-3H3,(H,24,25,26). The van der Waals surface area contributed by atoms with Crippen molar-refractivity contribution in [2.45, 2.75) is 19.4 Å². The molecule has 1 heterocycles. The van der Waals surface area contributed by atoms with Crippen molar-refractivity contribution in [1.29, 1.82) is 0 Å². The molecule has 1 atom stereocenters. The van der Waals surface area contributed by atoms with Gasteiger partial charge in [-0.2, -0.15) is 0 Å². The molecule has 1 N–H and O–H groups in total. The SMILES string of the molecule is COCCOc1ccc(C(C)Nc2nc(C(F)F)nc3ccccc23)cc1OC. The molecule has 2 aromatic carbocycles. The molecule has 0 saturated heterocycles. The van der Waals surface area contributed by atoms with Crippen LogP contribution in [0, 0.1) is 0 Å². The molecule has 0 spiro atoms. The van der Waals surface area contributed by atoms with Crippen molar-refractivity contribution < 1.29 is 23.0 Å². The highest BCUT2D eigenvalue weighted by molar-refractivity contribution is 5.89. The summed E-state index contributed by atoms with van der Waals surface area (Å²) in [6.07, 6.45) is -2.75. The summed E-state index contributed by atoms with van der Waals surface area (Å²) in [6.45, 7) is 2.79. The summed E-state index contributed by atoms with van der Waals surface area (Å²) in [5.41, 5.74) is 1.36. The maximum atomic E-state index is 13.2. The number of fused-ring (bicyclic) bond motifs is 1. The summed E-state index contributed by atoms with van der Waals surface area (Å²) < 4.78 is 42.5. The summed E-state index contributed by atoms with van der Waals surface area (Å²) in [6, 6.07) is 12.4. The minimum Gasteiger partial charge on any atom is -0.493 e. The smallest absolute Gasteiger partial charge is 0.297 e. The van der Waals surface area contributed by atoms with Gasteiger partial charge < -0.3 is 19.5 Å². The Hall–Kier alpha value is -3.00. The third-order valence-electron chi connectivity index (χ3n) is 4.40. The van der Waals surface area contributed by atoms with E-state index in [4.69, 9.17) is 14.2 Å². The fourth-order valence-corrected chi connectivity index (χ4v) is 2.90. The van der Waals surface area contributed by atoms with Gasteiger partial charge in [-0.3, -0.25) is 0 Å². The summed E-state index contributed by atoms with van der Waals surface area (Å²) in [4.78, 5) is 7.98. The van der Waals surface area contributed by atoms with Crippen molar-refractivity contribution in [3.8, 4) is 11.5 Å². The van der Waals surface area contributed by atoms with Crippen molar-refractivity contribution in [1.82, 2.24) is 9.97 Å². The number of alkyl halides is 2. The molecular formula is C21H23F2N3O3. The summed E-state index contributed by atoms with van der Waals surface area (Å²) in [5, 5.41) is 3.89. The van der Waals surface area contributed by atoms with Crippen LogP contribution in [0.1, 0.15) is 30.8 Å². The zero-order chi connectivity index (χ0) is 20.8. The first-order chi connectivity index (χ1) is 14.0. The minimum absolute atomic E-state index is 0.222. The number of anilines is 1. The van der Waals surface area contributed by atoms with Crippen LogP contribution in [0.25, 0.3) is 10.9 Å². The molecule has 1 unspecified atom stereocenters. The molecule has 0 aliphatic carbocycles. The van der Waals surface area contributed by atoms with Crippen molar-refractivity contribution in [2.75, 3.05) is 32.8 Å². The summed E-state index contributed by atoms with van der Waals surface area (Å²) in [5.74, 6) is 1.04. The molecule has 29 heavy (non-hydrogen) atoms. The van der Waals surface area contributed by atoms with Gasteiger partial charge in [0.1, 0.15) is 12.4 Å². The fraction of sp³-hybridized carbons (Fsp3) is 0.333. The third kappa shape index (κ3) is 4.89. The number of para-hydroxylation sites is 1. The van der Waals surface area contributed by atoms with E-state index in [1.807, 2.05) is 31.2 Å². The Morgan fingerprint density at radius 3 is 2.52 bits per heavy atom. The molecule has 0 aliphatic heterocycles. The van der Waals surface area contributed by atoms with Crippen LogP contribution < -0.4 is 14.8 Å². The first-order valence-electron chi connectivity index (χ1n) is 9.14. The largest absolute Gasteiger partial charge is 0.493 e. The van der Waals surface area contributed by atoms with Crippen LogP contribution in [0.4, 0.5) is 14.6 Å². The van der Waals surface area contributed by atoms with Crippen molar-refractivity contribution in [3.05, 3.63) is 53.9 Å². The lowest BCUT2D eigenvalue weighted by atomic mass is 10.1. The van der Waals surface area contributed by atoms with Gasteiger partial charge in [0.15, 0.2) is 17.3 Å². The van der Waals surface area contributed by atoms with Gasteiger partial charge >= 0.3 is 0 Å². The van der Waals surface area contributed by atoms with Crippen LogP contribution in [-0.4, -0.2) is 37.4 Å². The van der Waals surface area contributed by atoms with E-state index in [-0.39, 0.29) is 6.04 Å². The average Bonchev–Trinajstić information content (AvgIpc) is 2.73. The molecule has 0 saturated carbocycles. The Kier molecular flexibility index (Phi) is 6.77. The zero-order valence-corrected chi connectivity index (χ0v) is 16.5. The van der Waals surface area contributed by atoms with E-state index in [2.05, 4.69) is 15.3 Å². The number of halogens is 2. The van der Waals surface area contributed by atoms with Crippen LogP contribution >= 0.6 is 0 Å². The molecule has 6 nitrogen and oxygen atoms in total. The third-order valence-corrected chi connectivity index (χ3v) is 4.40. The zero-order valence-electron chi connectivity index (χ0n) is 16.5. The van der Waals surface area contributed by atoms with Gasteiger partial charge in [-0.1, -0.05) is 18.2 Å². The van der Waals surface area contributed by atoms with Crippen LogP contribution in [0.3, 0.4) is 0 Å². The first kappa shape index (κ1) is 20.7. The van der Waals surface area contributed by atoms with E-state index in [0.29, 0.717) is 41.4 Å². The highest BCUT2D eigenvalue weighted by Crippen LogP contribution is 2.32. The molecule has 0 fully saturated rings. The summed E-state index contributed by atoms with van der Waals surface area (Å²) in [7, 11) is 3.17. The molecule has 3 rings (SSSR count). The molecule has 154 valence electrons. The second-order valence-corrected chi connectivity index (χ2v) is 6.37. The lowest BCUT2D eigenvalue weighted by Gasteiger charge is -2.19.